The van der Waals surface area contributed by atoms with Crippen molar-refractivity contribution < 1.29 is 4.39 Å². The molecule has 0 unspecified atom stereocenters. The first kappa shape index (κ1) is 10.7. The number of benzene rings is 1. The van der Waals surface area contributed by atoms with Gasteiger partial charge in [-0.2, -0.15) is 5.10 Å². The predicted octanol–water partition coefficient (Wildman–Crippen LogP) is 0.414. The topological polar surface area (TPSA) is 76.8 Å². The Morgan fingerprint density at radius 3 is 2.80 bits per heavy atom. The van der Waals surface area contributed by atoms with E-state index in [2.05, 4.69) is 16.1 Å². The third-order valence-corrected chi connectivity index (χ3v) is 1.55. The number of hydrogen-bond donors (Lipinski definition) is 2. The summed E-state index contributed by atoms with van der Waals surface area (Å²) in [5.41, 5.74) is 10.5. The van der Waals surface area contributed by atoms with Crippen molar-refractivity contribution in [2.45, 2.75) is 0 Å². The van der Waals surface area contributed by atoms with Crippen molar-refractivity contribution in [2.75, 3.05) is 0 Å². The molecule has 0 aliphatic carbocycles. The molecule has 0 amide bonds. The molecule has 0 bridgehead atoms. The predicted molar refractivity (Wildman–Crippen MR) is 57.7 cm³/mol. The number of halogens is 1. The lowest BCUT2D eigenvalue weighted by atomic mass is 10.1. The van der Waals surface area contributed by atoms with Crippen molar-refractivity contribution in [3.8, 4) is 12.3 Å². The Morgan fingerprint density at radius 2 is 2.20 bits per heavy atom. The SMILES string of the molecule is C#Cc1cccc(C=NN=C(N)N)c1F. The Balaban J connectivity index is 3.02. The summed E-state index contributed by atoms with van der Waals surface area (Å²) < 4.78 is 13.5. The van der Waals surface area contributed by atoms with Gasteiger partial charge in [-0.15, -0.1) is 11.5 Å². The van der Waals surface area contributed by atoms with Crippen molar-refractivity contribution in [3.05, 3.63) is 35.1 Å². The molecule has 76 valence electrons. The lowest BCUT2D eigenvalue weighted by Crippen LogP contribution is -2.21. The summed E-state index contributed by atoms with van der Waals surface area (Å²) in [7, 11) is 0. The third-order valence-electron chi connectivity index (χ3n) is 1.55. The van der Waals surface area contributed by atoms with E-state index in [1.165, 1.54) is 18.3 Å². The van der Waals surface area contributed by atoms with Crippen LogP contribution in [0.1, 0.15) is 11.1 Å². The summed E-state index contributed by atoms with van der Waals surface area (Å²) in [5.74, 6) is 1.50. The van der Waals surface area contributed by atoms with Crippen molar-refractivity contribution in [1.82, 2.24) is 0 Å². The molecule has 15 heavy (non-hydrogen) atoms. The first-order chi connectivity index (χ1) is 7.15. The molecule has 0 saturated carbocycles. The highest BCUT2D eigenvalue weighted by atomic mass is 19.1. The highest BCUT2D eigenvalue weighted by Crippen LogP contribution is 2.09. The van der Waals surface area contributed by atoms with E-state index in [1.54, 1.807) is 6.07 Å². The molecule has 0 radical (unpaired) electrons. The Hall–Kier alpha value is -2.35. The van der Waals surface area contributed by atoms with Crippen LogP contribution in [-0.2, 0) is 0 Å². The largest absolute Gasteiger partial charge is 0.369 e. The summed E-state index contributed by atoms with van der Waals surface area (Å²) >= 11 is 0. The standard InChI is InChI=1S/C10H9FN4/c1-2-7-4-3-5-8(9(7)11)6-14-15-10(12)13/h1,3-6H,(H4,12,13,15). The fourth-order valence-electron chi connectivity index (χ4n) is 0.919. The molecule has 0 heterocycles. The van der Waals surface area contributed by atoms with Crippen LogP contribution < -0.4 is 11.5 Å². The maximum atomic E-state index is 13.5. The molecule has 1 aromatic rings. The van der Waals surface area contributed by atoms with E-state index in [1.807, 2.05) is 0 Å². The number of rotatable bonds is 2. The Morgan fingerprint density at radius 1 is 1.47 bits per heavy atom. The van der Waals surface area contributed by atoms with Gasteiger partial charge in [-0.05, 0) is 6.07 Å². The zero-order chi connectivity index (χ0) is 11.3. The first-order valence-corrected chi connectivity index (χ1v) is 4.02. The van der Waals surface area contributed by atoms with Crippen molar-refractivity contribution in [2.24, 2.45) is 21.7 Å². The van der Waals surface area contributed by atoms with Crippen LogP contribution in [0.3, 0.4) is 0 Å². The van der Waals surface area contributed by atoms with Crippen LogP contribution in [0.2, 0.25) is 0 Å². The smallest absolute Gasteiger partial charge is 0.211 e. The van der Waals surface area contributed by atoms with Crippen molar-refractivity contribution in [3.63, 3.8) is 0 Å². The maximum absolute atomic E-state index is 13.5. The second-order valence-electron chi connectivity index (χ2n) is 2.62. The number of hydrogen-bond acceptors (Lipinski definition) is 2. The average Bonchev–Trinajstić information content (AvgIpc) is 2.20. The number of terminal acetylenes is 1. The Kier molecular flexibility index (Phi) is 3.41. The van der Waals surface area contributed by atoms with Gasteiger partial charge < -0.3 is 11.5 Å². The van der Waals surface area contributed by atoms with E-state index in [4.69, 9.17) is 17.9 Å². The van der Waals surface area contributed by atoms with Gasteiger partial charge in [0.05, 0.1) is 11.8 Å². The minimum absolute atomic E-state index is 0.170. The molecular weight excluding hydrogens is 195 g/mol. The summed E-state index contributed by atoms with van der Waals surface area (Å²) in [6.07, 6.45) is 6.28. The van der Waals surface area contributed by atoms with E-state index in [-0.39, 0.29) is 17.1 Å². The van der Waals surface area contributed by atoms with Crippen LogP contribution in [0.15, 0.2) is 28.4 Å². The highest BCUT2D eigenvalue weighted by Gasteiger charge is 2.02. The summed E-state index contributed by atoms with van der Waals surface area (Å²) in [6.45, 7) is 0. The molecule has 0 saturated heterocycles. The van der Waals surface area contributed by atoms with Gasteiger partial charge in [-0.25, -0.2) is 4.39 Å². The quantitative estimate of drug-likeness (QED) is 0.317. The average molecular weight is 204 g/mol. The summed E-state index contributed by atoms with van der Waals surface area (Å²) in [6, 6.07) is 4.63. The van der Waals surface area contributed by atoms with E-state index in [0.717, 1.165) is 0 Å². The molecular formula is C10H9FN4. The lowest BCUT2D eigenvalue weighted by Gasteiger charge is -1.97. The van der Waals surface area contributed by atoms with Gasteiger partial charge in [-0.3, -0.25) is 0 Å². The van der Waals surface area contributed by atoms with E-state index >= 15 is 0 Å². The molecule has 0 spiro atoms. The Bertz CT molecular complexity index is 453. The van der Waals surface area contributed by atoms with Gasteiger partial charge in [0, 0.05) is 5.56 Å². The molecule has 1 rings (SSSR count). The Labute approximate surface area is 86.5 Å². The normalized spacial score (nSPS) is 9.87. The number of nitrogens with two attached hydrogens (primary N) is 2. The molecule has 0 fully saturated rings. The molecule has 4 N–H and O–H groups in total. The van der Waals surface area contributed by atoms with Gasteiger partial charge in [0.15, 0.2) is 0 Å². The maximum Gasteiger partial charge on any atom is 0.211 e. The van der Waals surface area contributed by atoms with Crippen molar-refractivity contribution in [1.29, 1.82) is 0 Å². The van der Waals surface area contributed by atoms with Gasteiger partial charge in [0.2, 0.25) is 5.96 Å². The zero-order valence-electron chi connectivity index (χ0n) is 7.81. The fraction of sp³-hybridized carbons (Fsp3) is 0. The molecule has 4 nitrogen and oxygen atoms in total. The fourth-order valence-corrected chi connectivity index (χ4v) is 0.919. The van der Waals surface area contributed by atoms with E-state index in [9.17, 15) is 4.39 Å². The van der Waals surface area contributed by atoms with E-state index in [0.29, 0.717) is 0 Å². The van der Waals surface area contributed by atoms with Gasteiger partial charge in [0.1, 0.15) is 5.82 Å². The molecule has 5 heteroatoms. The minimum atomic E-state index is -0.519. The van der Waals surface area contributed by atoms with Gasteiger partial charge >= 0.3 is 0 Å². The second kappa shape index (κ2) is 4.77. The molecule has 1 aromatic carbocycles. The summed E-state index contributed by atoms with van der Waals surface area (Å²) in [5, 5.41) is 6.82. The van der Waals surface area contributed by atoms with Crippen LogP contribution >= 0.6 is 0 Å². The number of nitrogens with zero attached hydrogens (tertiary/aromatic N) is 2. The minimum Gasteiger partial charge on any atom is -0.369 e. The van der Waals surface area contributed by atoms with Crippen LogP contribution in [-0.4, -0.2) is 12.2 Å². The molecule has 0 aromatic heterocycles. The summed E-state index contributed by atoms with van der Waals surface area (Å²) in [4.78, 5) is 0. The molecule has 0 aliphatic heterocycles. The lowest BCUT2D eigenvalue weighted by molar-refractivity contribution is 0.622. The molecule has 0 atom stereocenters. The monoisotopic (exact) mass is 204 g/mol. The van der Waals surface area contributed by atoms with E-state index < -0.39 is 5.82 Å². The third kappa shape index (κ3) is 2.81. The first-order valence-electron chi connectivity index (χ1n) is 4.02. The number of guanidine groups is 1. The van der Waals surface area contributed by atoms with Crippen LogP contribution in [0.25, 0.3) is 0 Å². The van der Waals surface area contributed by atoms with Gasteiger partial charge in [0.25, 0.3) is 0 Å². The highest BCUT2D eigenvalue weighted by molar-refractivity contribution is 5.82. The van der Waals surface area contributed by atoms with Crippen molar-refractivity contribution >= 4 is 12.2 Å². The molecule has 0 aliphatic rings. The van der Waals surface area contributed by atoms with Crippen LogP contribution in [0.5, 0.6) is 0 Å². The second-order valence-corrected chi connectivity index (χ2v) is 2.62. The van der Waals surface area contributed by atoms with Gasteiger partial charge in [-0.1, -0.05) is 18.1 Å². The zero-order valence-corrected chi connectivity index (χ0v) is 7.81. The van der Waals surface area contributed by atoms with Crippen LogP contribution in [0, 0.1) is 18.2 Å². The van der Waals surface area contributed by atoms with Crippen LogP contribution in [0.4, 0.5) is 4.39 Å².